The molecular weight excluding hydrogens is 759 g/mol. The minimum Gasteiger partial charge on any atom is -0.392 e. The van der Waals surface area contributed by atoms with Crippen LogP contribution in [0.1, 0.15) is 97.8 Å². The molecule has 3 saturated heterocycles. The van der Waals surface area contributed by atoms with Gasteiger partial charge in [-0.25, -0.2) is 0 Å². The highest BCUT2D eigenvalue weighted by Gasteiger charge is 2.79. The zero-order chi connectivity index (χ0) is 41.9. The Balaban J connectivity index is 1.16. The van der Waals surface area contributed by atoms with Crippen molar-refractivity contribution in [3.05, 3.63) is 11.6 Å². The van der Waals surface area contributed by atoms with Gasteiger partial charge in [0.1, 0.15) is 24.0 Å². The summed E-state index contributed by atoms with van der Waals surface area (Å²) in [7, 11) is 1.67. The van der Waals surface area contributed by atoms with Crippen molar-refractivity contribution in [3.8, 4) is 11.8 Å². The first-order valence-corrected chi connectivity index (χ1v) is 22.5. The van der Waals surface area contributed by atoms with Gasteiger partial charge in [0, 0.05) is 69.5 Å². The monoisotopic (exact) mass is 825 g/mol. The number of carbonyl (C=O) groups excluding carboxylic acids is 2. The van der Waals surface area contributed by atoms with Crippen LogP contribution in [0.2, 0.25) is 0 Å². The van der Waals surface area contributed by atoms with E-state index in [9.17, 15) is 40.2 Å². The molecule has 8 N–H and O–H groups in total. The van der Waals surface area contributed by atoms with Gasteiger partial charge in [-0.05, 0) is 107 Å². The molecule has 14 heteroatoms. The third-order valence-corrected chi connectivity index (χ3v) is 17.6. The van der Waals surface area contributed by atoms with Crippen molar-refractivity contribution in [3.63, 3.8) is 0 Å². The fourth-order valence-corrected chi connectivity index (χ4v) is 14.7. The Hall–Kier alpha value is -2.00. The van der Waals surface area contributed by atoms with Crippen LogP contribution in [0.3, 0.4) is 0 Å². The molecule has 59 heavy (non-hydrogen) atoms. The molecule has 0 aromatic rings. The highest BCUT2D eigenvalue weighted by atomic mass is 16.6. The van der Waals surface area contributed by atoms with E-state index in [4.69, 9.17) is 14.2 Å². The molecule has 5 aliphatic carbocycles. The Morgan fingerprint density at radius 1 is 1.08 bits per heavy atom. The van der Waals surface area contributed by atoms with E-state index >= 15 is 0 Å². The smallest absolute Gasteiger partial charge is 0.240 e. The van der Waals surface area contributed by atoms with Gasteiger partial charge in [0.2, 0.25) is 11.7 Å². The molecule has 0 radical (unpaired) electrons. The molecule has 0 aromatic heterocycles. The lowest BCUT2D eigenvalue weighted by Crippen LogP contribution is -2.72. The predicted molar refractivity (Wildman–Crippen MR) is 213 cm³/mol. The molecule has 10 rings (SSSR count). The van der Waals surface area contributed by atoms with Crippen LogP contribution in [-0.2, 0) is 23.8 Å². The highest BCUT2D eigenvalue weighted by molar-refractivity contribution is 5.96. The quantitative estimate of drug-likeness (QED) is 0.0700. The van der Waals surface area contributed by atoms with Gasteiger partial charge >= 0.3 is 0 Å². The number of fused-ring (bicyclic) bond motifs is 3. The Labute approximate surface area is 347 Å². The van der Waals surface area contributed by atoms with Crippen molar-refractivity contribution in [1.29, 1.82) is 0 Å². The third-order valence-electron chi connectivity index (χ3n) is 17.6. The third kappa shape index (κ3) is 6.07. The zero-order valence-corrected chi connectivity index (χ0v) is 35.2. The number of aliphatic hydroxyl groups is 6. The van der Waals surface area contributed by atoms with Crippen molar-refractivity contribution in [1.82, 2.24) is 15.5 Å². The standard InChI is InChI=1S/C45H67N3O11/c1-25(49)22-46-23-30-29-19-32-39(52)48-24-27(48)9-6-13-43-26-8-5-12-42(21-26)34(41(3,53)45(55,56)37(30)59-36(29)38(51)47-32)11-15-44(42,54)35(43)20-33(50)31-18-28(10-14-40(31,43)2)58-17-7-16-57-4/h20,25-32,34,36-38,46-47,49,51,53-56H,5,7-12,14-19,21-24H2,1-4H3/t25-,26-,27-,28-,29+,30+,31-,32-,34+,36-,37-,38-,40-,41-,42+,43+,44+,48?/m0/s1. The fourth-order valence-electron chi connectivity index (χ4n) is 14.7. The summed E-state index contributed by atoms with van der Waals surface area (Å²) >= 11 is 0. The molecule has 2 spiro atoms. The van der Waals surface area contributed by atoms with Crippen LogP contribution in [-0.4, -0.2) is 147 Å². The van der Waals surface area contributed by atoms with E-state index in [1.807, 2.05) is 0 Å². The van der Waals surface area contributed by atoms with E-state index in [0.29, 0.717) is 57.4 Å². The summed E-state index contributed by atoms with van der Waals surface area (Å²) in [6.07, 6.45) is 3.85. The van der Waals surface area contributed by atoms with Gasteiger partial charge in [-0.1, -0.05) is 19.3 Å². The van der Waals surface area contributed by atoms with Gasteiger partial charge in [-0.2, -0.15) is 0 Å². The van der Waals surface area contributed by atoms with E-state index in [1.165, 1.54) is 6.92 Å². The average Bonchev–Trinajstić information content (AvgIpc) is 3.77. The Kier molecular flexibility index (Phi) is 10.6. The molecule has 8 bridgehead atoms. The molecule has 7 fully saturated rings. The molecule has 5 heterocycles. The minimum absolute atomic E-state index is 0.0388. The number of hydrogen-bond acceptors (Lipinski definition) is 13. The van der Waals surface area contributed by atoms with E-state index in [-0.39, 0.29) is 68.0 Å². The largest absolute Gasteiger partial charge is 0.392 e. The number of allylic oxidation sites excluding steroid dienone is 1. The summed E-state index contributed by atoms with van der Waals surface area (Å²) < 4.78 is 18.0. The maximum absolute atomic E-state index is 14.7. The highest BCUT2D eigenvalue weighted by Crippen LogP contribution is 2.78. The number of piperidine rings is 1. The van der Waals surface area contributed by atoms with E-state index in [1.54, 1.807) is 25.0 Å². The molecule has 328 valence electrons. The van der Waals surface area contributed by atoms with Crippen molar-refractivity contribution in [2.75, 3.05) is 40.0 Å². The summed E-state index contributed by atoms with van der Waals surface area (Å²) in [4.78, 5) is 30.6. The summed E-state index contributed by atoms with van der Waals surface area (Å²) in [5, 5.41) is 79.7. The van der Waals surface area contributed by atoms with E-state index in [2.05, 4.69) is 29.4 Å². The lowest BCUT2D eigenvalue weighted by Gasteiger charge is -2.69. The van der Waals surface area contributed by atoms with Crippen LogP contribution in [0.5, 0.6) is 0 Å². The second kappa shape index (κ2) is 14.8. The Morgan fingerprint density at radius 3 is 2.64 bits per heavy atom. The maximum atomic E-state index is 14.7. The van der Waals surface area contributed by atoms with Gasteiger partial charge in [0.25, 0.3) is 0 Å². The lowest BCUT2D eigenvalue weighted by atomic mass is 9.34. The predicted octanol–water partition coefficient (Wildman–Crippen LogP) is 0.742. The number of methoxy groups -OCH3 is 1. The van der Waals surface area contributed by atoms with Crippen molar-refractivity contribution in [2.24, 2.45) is 45.8 Å². The van der Waals surface area contributed by atoms with Gasteiger partial charge in [0.05, 0.1) is 35.3 Å². The lowest BCUT2D eigenvalue weighted by molar-refractivity contribution is -0.347. The van der Waals surface area contributed by atoms with Crippen LogP contribution in [0.4, 0.5) is 0 Å². The maximum Gasteiger partial charge on any atom is 0.240 e. The van der Waals surface area contributed by atoms with Crippen molar-refractivity contribution >= 4 is 11.7 Å². The number of amides is 1. The molecule has 10 aliphatic rings. The summed E-state index contributed by atoms with van der Waals surface area (Å²) in [6.45, 7) is 7.34. The van der Waals surface area contributed by atoms with Gasteiger partial charge < -0.3 is 55.1 Å². The first-order valence-electron chi connectivity index (χ1n) is 22.5. The van der Waals surface area contributed by atoms with Gasteiger partial charge in [-0.15, -0.1) is 5.92 Å². The topological polar surface area (TPSA) is 210 Å². The van der Waals surface area contributed by atoms with E-state index < -0.39 is 81.6 Å². The van der Waals surface area contributed by atoms with E-state index in [0.717, 1.165) is 25.7 Å². The molecule has 1 amide bonds. The van der Waals surface area contributed by atoms with Gasteiger partial charge in [-0.3, -0.25) is 14.9 Å². The van der Waals surface area contributed by atoms with Crippen molar-refractivity contribution < 1.29 is 54.4 Å². The minimum atomic E-state index is -2.88. The summed E-state index contributed by atoms with van der Waals surface area (Å²) in [5.41, 5.74) is -5.67. The zero-order valence-electron chi connectivity index (χ0n) is 35.2. The van der Waals surface area contributed by atoms with Crippen LogP contribution >= 0.6 is 0 Å². The summed E-state index contributed by atoms with van der Waals surface area (Å²) in [6, 6.07) is -0.874. The number of carbonyl (C=O) groups is 2. The molecule has 17 atom stereocenters. The number of ether oxygens (including phenoxy) is 3. The Bertz CT molecular complexity index is 1780. The Morgan fingerprint density at radius 2 is 1.88 bits per heavy atom. The number of nitrogens with zero attached hydrogens (tertiary/aromatic N) is 1. The molecule has 5 aliphatic heterocycles. The van der Waals surface area contributed by atoms with Crippen LogP contribution in [0.25, 0.3) is 0 Å². The fraction of sp³-hybridized carbons (Fsp3) is 0.867. The van der Waals surface area contributed by atoms with Crippen molar-refractivity contribution in [2.45, 2.75) is 158 Å². The van der Waals surface area contributed by atoms with Crippen LogP contribution in [0.15, 0.2) is 11.6 Å². The second-order valence-corrected chi connectivity index (χ2v) is 20.5. The van der Waals surface area contributed by atoms with Crippen LogP contribution < -0.4 is 10.6 Å². The number of ketones is 1. The summed E-state index contributed by atoms with van der Waals surface area (Å²) in [5.74, 6) is 1.89. The molecule has 14 nitrogen and oxygen atoms in total. The van der Waals surface area contributed by atoms with Gasteiger partial charge in [0.15, 0.2) is 5.78 Å². The average molecular weight is 826 g/mol. The van der Waals surface area contributed by atoms with Crippen LogP contribution in [0, 0.1) is 57.7 Å². The first-order chi connectivity index (χ1) is 28.0. The number of nitrogens with one attached hydrogen (secondary N) is 2. The SMILES string of the molecule is COCCCO[C@H]1CC[C@@]2(C)[C@@H](C1)C(=O)C=C1[C@]3(O)CC[C@H]4[C@]35CCC[C@@H](C5)[C@]12C#CC[C@H]1CN1C(=O)[C@@H]1C[C@@H]2[C@@H](CNC[C@H](C)O)[C@H](O[C@@H]2[C@H](O)N1)C(O)(O)[C@@]4(C)O. The normalized spacial score (nSPS) is 49.8. The number of hydrogen-bond donors (Lipinski definition) is 8. The molecular formula is C45H67N3O11. The number of aliphatic hydroxyl groups excluding tert-OH is 2. The second-order valence-electron chi connectivity index (χ2n) is 20.5. The first kappa shape index (κ1) is 42.3. The number of rotatable bonds is 9. The molecule has 4 saturated carbocycles. The molecule has 0 aromatic carbocycles. The molecule has 0 unspecified atom stereocenters.